The van der Waals surface area contributed by atoms with Gasteiger partial charge in [0.1, 0.15) is 0 Å². The van der Waals surface area contributed by atoms with Gasteiger partial charge in [0.25, 0.3) is 0 Å². The molecule has 1 aliphatic rings. The summed E-state index contributed by atoms with van der Waals surface area (Å²) in [5, 5.41) is 7.15. The molecule has 0 aliphatic carbocycles. The maximum Gasteiger partial charge on any atom is 0.243 e. The van der Waals surface area contributed by atoms with Crippen molar-refractivity contribution in [2.45, 2.75) is 12.5 Å². The Kier molecular flexibility index (Phi) is 2.74. The molecule has 17 heavy (non-hydrogen) atoms. The van der Waals surface area contributed by atoms with Gasteiger partial charge in [0, 0.05) is 5.02 Å². The molecule has 0 unspecified atom stereocenters. The first-order valence-corrected chi connectivity index (χ1v) is 6.52. The molecule has 2 heterocycles. The molecule has 1 saturated heterocycles. The number of hydrogen-bond acceptors (Lipinski definition) is 4. The average molecular weight is 268 g/mol. The summed E-state index contributed by atoms with van der Waals surface area (Å²) in [5.74, 6) is -0.0126. The number of fused-ring (bicyclic) bond motifs is 1. The van der Waals surface area contributed by atoms with Crippen molar-refractivity contribution in [3.63, 3.8) is 0 Å². The molecule has 4 nitrogen and oxygen atoms in total. The summed E-state index contributed by atoms with van der Waals surface area (Å²) in [4.78, 5) is 16.0. The first-order valence-electron chi connectivity index (χ1n) is 5.33. The van der Waals surface area contributed by atoms with E-state index in [1.807, 2.05) is 12.1 Å². The van der Waals surface area contributed by atoms with Gasteiger partial charge in [0.15, 0.2) is 5.13 Å². The summed E-state index contributed by atoms with van der Waals surface area (Å²) in [6, 6.07) is 5.46. The molecule has 0 spiro atoms. The smallest absolute Gasteiger partial charge is 0.243 e. The largest absolute Gasteiger partial charge is 0.306 e. The van der Waals surface area contributed by atoms with Crippen molar-refractivity contribution in [2.75, 3.05) is 11.9 Å². The predicted octanol–water partition coefficient (Wildman–Crippen LogP) is 2.25. The van der Waals surface area contributed by atoms with E-state index in [-0.39, 0.29) is 11.9 Å². The van der Waals surface area contributed by atoms with Gasteiger partial charge in [-0.3, -0.25) is 4.79 Å². The zero-order valence-electron chi connectivity index (χ0n) is 8.87. The second kappa shape index (κ2) is 4.25. The number of benzene rings is 1. The molecule has 2 N–H and O–H groups in total. The van der Waals surface area contributed by atoms with Crippen LogP contribution >= 0.6 is 22.9 Å². The summed E-state index contributed by atoms with van der Waals surface area (Å²) >= 11 is 7.34. The van der Waals surface area contributed by atoms with Gasteiger partial charge >= 0.3 is 0 Å². The van der Waals surface area contributed by atoms with Gasteiger partial charge in [0.2, 0.25) is 5.91 Å². The Labute approximate surface area is 107 Å². The van der Waals surface area contributed by atoms with E-state index in [9.17, 15) is 4.79 Å². The molecule has 3 rings (SSSR count). The molecule has 0 bridgehead atoms. The molecule has 1 aliphatic heterocycles. The van der Waals surface area contributed by atoms with E-state index in [1.165, 1.54) is 11.3 Å². The summed E-state index contributed by atoms with van der Waals surface area (Å²) in [5.41, 5.74) is 0.819. The van der Waals surface area contributed by atoms with Gasteiger partial charge in [-0.2, -0.15) is 0 Å². The highest BCUT2D eigenvalue weighted by atomic mass is 35.5. The second-order valence-electron chi connectivity index (χ2n) is 3.92. The number of rotatable bonds is 2. The van der Waals surface area contributed by atoms with Crippen LogP contribution in [0.1, 0.15) is 6.42 Å². The molecule has 88 valence electrons. The van der Waals surface area contributed by atoms with E-state index in [0.29, 0.717) is 10.2 Å². The lowest BCUT2D eigenvalue weighted by molar-refractivity contribution is -0.119. The van der Waals surface area contributed by atoms with Crippen molar-refractivity contribution in [1.82, 2.24) is 10.3 Å². The zero-order chi connectivity index (χ0) is 11.8. The molecule has 1 atom stereocenters. The Morgan fingerprint density at radius 3 is 3.12 bits per heavy atom. The fourth-order valence-corrected chi connectivity index (χ4v) is 2.67. The SMILES string of the molecule is O=C(Nc1nc2cc(Cl)ccc2s1)[C@@H]1CCN1. The average Bonchev–Trinajstić information content (AvgIpc) is 2.55. The number of nitrogens with one attached hydrogen (secondary N) is 2. The number of halogens is 1. The maximum atomic E-state index is 11.7. The van der Waals surface area contributed by atoms with E-state index < -0.39 is 0 Å². The third-order valence-electron chi connectivity index (χ3n) is 2.72. The molecule has 0 radical (unpaired) electrons. The summed E-state index contributed by atoms with van der Waals surface area (Å²) in [6.45, 7) is 0.910. The first-order chi connectivity index (χ1) is 8.22. The number of aromatic nitrogens is 1. The minimum atomic E-state index is -0.0643. The number of amides is 1. The van der Waals surface area contributed by atoms with Crippen LogP contribution in [0.5, 0.6) is 0 Å². The van der Waals surface area contributed by atoms with Crippen LogP contribution in [0.3, 0.4) is 0 Å². The van der Waals surface area contributed by atoms with Gasteiger partial charge in [0.05, 0.1) is 16.3 Å². The fraction of sp³-hybridized carbons (Fsp3) is 0.273. The predicted molar refractivity (Wildman–Crippen MR) is 69.7 cm³/mol. The topological polar surface area (TPSA) is 54.0 Å². The van der Waals surface area contributed by atoms with Crippen LogP contribution in [0, 0.1) is 0 Å². The minimum absolute atomic E-state index is 0.0126. The van der Waals surface area contributed by atoms with Crippen molar-refractivity contribution < 1.29 is 4.79 Å². The number of anilines is 1. The van der Waals surface area contributed by atoms with Crippen molar-refractivity contribution in [2.24, 2.45) is 0 Å². The van der Waals surface area contributed by atoms with E-state index in [2.05, 4.69) is 15.6 Å². The molecule has 2 aromatic rings. The number of nitrogens with zero attached hydrogens (tertiary/aromatic N) is 1. The normalized spacial score (nSPS) is 19.0. The highest BCUT2D eigenvalue weighted by Crippen LogP contribution is 2.28. The van der Waals surface area contributed by atoms with Crippen LogP contribution in [0.15, 0.2) is 18.2 Å². The van der Waals surface area contributed by atoms with Crippen LogP contribution in [-0.2, 0) is 4.79 Å². The van der Waals surface area contributed by atoms with Crippen molar-refractivity contribution >= 4 is 44.2 Å². The quantitative estimate of drug-likeness (QED) is 0.878. The van der Waals surface area contributed by atoms with Crippen LogP contribution in [0.25, 0.3) is 10.2 Å². The Balaban J connectivity index is 1.83. The lowest BCUT2D eigenvalue weighted by Crippen LogP contribution is -2.50. The third-order valence-corrected chi connectivity index (χ3v) is 3.91. The van der Waals surface area contributed by atoms with Crippen molar-refractivity contribution in [3.05, 3.63) is 23.2 Å². The number of carbonyl (C=O) groups is 1. The highest BCUT2D eigenvalue weighted by molar-refractivity contribution is 7.22. The van der Waals surface area contributed by atoms with Crippen LogP contribution in [0.2, 0.25) is 5.02 Å². The monoisotopic (exact) mass is 267 g/mol. The van der Waals surface area contributed by atoms with Gasteiger partial charge in [-0.25, -0.2) is 4.98 Å². The molecule has 6 heteroatoms. The van der Waals surface area contributed by atoms with Gasteiger partial charge < -0.3 is 10.6 Å². The molecule has 0 saturated carbocycles. The first kappa shape index (κ1) is 11.0. The molecule has 1 fully saturated rings. The third kappa shape index (κ3) is 2.13. The van der Waals surface area contributed by atoms with E-state index in [0.717, 1.165) is 23.2 Å². The Hall–Kier alpha value is -1.17. The van der Waals surface area contributed by atoms with Gasteiger partial charge in [-0.15, -0.1) is 0 Å². The molecular formula is C11H10ClN3OS. The van der Waals surface area contributed by atoms with Crippen molar-refractivity contribution in [3.8, 4) is 0 Å². The Morgan fingerprint density at radius 1 is 1.59 bits per heavy atom. The van der Waals surface area contributed by atoms with E-state index >= 15 is 0 Å². The van der Waals surface area contributed by atoms with Crippen LogP contribution in [-0.4, -0.2) is 23.5 Å². The van der Waals surface area contributed by atoms with Gasteiger partial charge in [-0.1, -0.05) is 22.9 Å². The molecule has 1 amide bonds. The van der Waals surface area contributed by atoms with E-state index in [4.69, 9.17) is 11.6 Å². The highest BCUT2D eigenvalue weighted by Gasteiger charge is 2.25. The standard InChI is InChI=1S/C11H10ClN3OS/c12-6-1-2-9-8(5-6)14-11(17-9)15-10(16)7-3-4-13-7/h1-2,5,7,13H,3-4H2,(H,14,15,16)/t7-/m0/s1. The molecule has 1 aromatic carbocycles. The number of hydrogen-bond donors (Lipinski definition) is 2. The number of thiazole rings is 1. The van der Waals surface area contributed by atoms with Crippen molar-refractivity contribution in [1.29, 1.82) is 0 Å². The summed E-state index contributed by atoms with van der Waals surface area (Å²) in [7, 11) is 0. The molecule has 1 aromatic heterocycles. The summed E-state index contributed by atoms with van der Waals surface area (Å²) < 4.78 is 1.02. The Bertz CT molecular complexity index is 579. The van der Waals surface area contributed by atoms with Gasteiger partial charge in [-0.05, 0) is 31.2 Å². The maximum absolute atomic E-state index is 11.7. The zero-order valence-corrected chi connectivity index (χ0v) is 10.4. The molecular weight excluding hydrogens is 258 g/mol. The summed E-state index contributed by atoms with van der Waals surface area (Å²) in [6.07, 6.45) is 0.891. The second-order valence-corrected chi connectivity index (χ2v) is 5.38. The fourth-order valence-electron chi connectivity index (χ4n) is 1.66. The van der Waals surface area contributed by atoms with Crippen LogP contribution in [0.4, 0.5) is 5.13 Å². The Morgan fingerprint density at radius 2 is 2.41 bits per heavy atom. The minimum Gasteiger partial charge on any atom is -0.306 e. The number of carbonyl (C=O) groups excluding carboxylic acids is 1. The lowest BCUT2D eigenvalue weighted by Gasteiger charge is -2.25. The van der Waals surface area contributed by atoms with Crippen LogP contribution < -0.4 is 10.6 Å². The lowest BCUT2D eigenvalue weighted by atomic mass is 10.1. The van der Waals surface area contributed by atoms with E-state index in [1.54, 1.807) is 6.07 Å².